The molecule has 0 aliphatic carbocycles. The number of rotatable bonds is 5. The molecule has 0 radical (unpaired) electrons. The van der Waals surface area contributed by atoms with Crippen LogP contribution in [0.2, 0.25) is 0 Å². The Morgan fingerprint density at radius 3 is 2.85 bits per heavy atom. The molecule has 6 nitrogen and oxygen atoms in total. The molecule has 140 valence electrons. The van der Waals surface area contributed by atoms with Gasteiger partial charge in [-0.15, -0.1) is 0 Å². The first-order valence-electron chi connectivity index (χ1n) is 9.35. The van der Waals surface area contributed by atoms with E-state index in [1.54, 1.807) is 12.4 Å². The quantitative estimate of drug-likeness (QED) is 0.749. The van der Waals surface area contributed by atoms with E-state index in [2.05, 4.69) is 9.97 Å². The van der Waals surface area contributed by atoms with Crippen LogP contribution in [0.1, 0.15) is 30.1 Å². The molecule has 6 heteroatoms. The van der Waals surface area contributed by atoms with Crippen LogP contribution in [0.15, 0.2) is 48.8 Å². The van der Waals surface area contributed by atoms with Crippen molar-refractivity contribution in [3.05, 3.63) is 54.4 Å². The monoisotopic (exact) mass is 365 g/mol. The molecular weight excluding hydrogens is 342 g/mol. The summed E-state index contributed by atoms with van der Waals surface area (Å²) in [6, 6.07) is 11.5. The van der Waals surface area contributed by atoms with Gasteiger partial charge >= 0.3 is 0 Å². The van der Waals surface area contributed by atoms with Gasteiger partial charge in [-0.2, -0.15) is 0 Å². The zero-order valence-corrected chi connectivity index (χ0v) is 15.4. The normalized spacial score (nSPS) is 15.1. The highest BCUT2D eigenvalue weighted by atomic mass is 16.5. The summed E-state index contributed by atoms with van der Waals surface area (Å²) in [6.45, 7) is 3.96. The summed E-state index contributed by atoms with van der Waals surface area (Å²) in [5.74, 6) is 1.68. The van der Waals surface area contributed by atoms with Gasteiger partial charge in [0.15, 0.2) is 0 Å². The summed E-state index contributed by atoms with van der Waals surface area (Å²) in [5, 5.41) is 0.869. The van der Waals surface area contributed by atoms with Crippen LogP contribution in [-0.4, -0.2) is 46.6 Å². The highest BCUT2D eigenvalue weighted by Gasteiger charge is 2.26. The van der Waals surface area contributed by atoms with E-state index in [0.717, 1.165) is 35.4 Å². The molecule has 1 aliphatic heterocycles. The van der Waals surface area contributed by atoms with Crippen molar-refractivity contribution >= 4 is 16.9 Å². The van der Waals surface area contributed by atoms with Gasteiger partial charge in [0.2, 0.25) is 0 Å². The van der Waals surface area contributed by atoms with Gasteiger partial charge in [0.1, 0.15) is 23.3 Å². The fourth-order valence-corrected chi connectivity index (χ4v) is 3.48. The molecule has 1 aliphatic rings. The molecule has 0 bridgehead atoms. The largest absolute Gasteiger partial charge is 0.494 e. The third kappa shape index (κ3) is 3.74. The second-order valence-corrected chi connectivity index (χ2v) is 6.62. The Balaban J connectivity index is 1.37. The fourth-order valence-electron chi connectivity index (χ4n) is 3.48. The first-order valence-corrected chi connectivity index (χ1v) is 9.35. The molecular formula is C21H23N3O3. The molecule has 0 atom stereocenters. The predicted molar refractivity (Wildman–Crippen MR) is 103 cm³/mol. The lowest BCUT2D eigenvalue weighted by Crippen LogP contribution is -2.41. The maximum atomic E-state index is 12.9. The van der Waals surface area contributed by atoms with Crippen molar-refractivity contribution in [3.63, 3.8) is 0 Å². The standard InChI is InChI=1S/C21H23N3O3/c1-2-26-16-5-3-6-17(13-16)27-15-8-11-24(12-9-15)21(25)19-14-23-20-18(19)7-4-10-22-20/h3-7,10,13-15H,2,8-9,11-12H2,1H3,(H,22,23). The van der Waals surface area contributed by atoms with Crippen molar-refractivity contribution in [3.8, 4) is 11.5 Å². The van der Waals surface area contributed by atoms with Crippen molar-refractivity contribution in [2.24, 2.45) is 0 Å². The molecule has 3 heterocycles. The maximum absolute atomic E-state index is 12.9. The number of aromatic nitrogens is 2. The maximum Gasteiger partial charge on any atom is 0.256 e. The van der Waals surface area contributed by atoms with Crippen LogP contribution in [0.5, 0.6) is 11.5 Å². The van der Waals surface area contributed by atoms with E-state index < -0.39 is 0 Å². The Morgan fingerprint density at radius 2 is 2.04 bits per heavy atom. The summed E-state index contributed by atoms with van der Waals surface area (Å²) in [5.41, 5.74) is 1.43. The first kappa shape index (κ1) is 17.4. The van der Waals surface area contributed by atoms with Crippen molar-refractivity contribution < 1.29 is 14.3 Å². The number of ether oxygens (including phenoxy) is 2. The summed E-state index contributed by atoms with van der Waals surface area (Å²) in [7, 11) is 0. The van der Waals surface area contributed by atoms with Crippen LogP contribution in [0.3, 0.4) is 0 Å². The predicted octanol–water partition coefficient (Wildman–Crippen LogP) is 3.65. The second kappa shape index (κ2) is 7.70. The van der Waals surface area contributed by atoms with Gasteiger partial charge in [-0.3, -0.25) is 4.79 Å². The number of amides is 1. The topological polar surface area (TPSA) is 67.5 Å². The van der Waals surface area contributed by atoms with E-state index >= 15 is 0 Å². The lowest BCUT2D eigenvalue weighted by atomic mass is 10.1. The number of H-pyrrole nitrogens is 1. The molecule has 27 heavy (non-hydrogen) atoms. The van der Waals surface area contributed by atoms with E-state index in [0.29, 0.717) is 25.3 Å². The average molecular weight is 365 g/mol. The molecule has 3 aromatic rings. The third-order valence-corrected chi connectivity index (χ3v) is 4.83. The lowest BCUT2D eigenvalue weighted by molar-refractivity contribution is 0.0597. The number of hydrogen-bond acceptors (Lipinski definition) is 4. The molecule has 1 fully saturated rings. The number of likely N-dealkylation sites (tertiary alicyclic amines) is 1. The lowest BCUT2D eigenvalue weighted by Gasteiger charge is -2.32. The Labute approximate surface area is 158 Å². The van der Waals surface area contributed by atoms with E-state index in [9.17, 15) is 4.79 Å². The van der Waals surface area contributed by atoms with Crippen molar-refractivity contribution in [1.29, 1.82) is 0 Å². The van der Waals surface area contributed by atoms with Gasteiger partial charge in [0, 0.05) is 49.8 Å². The summed E-state index contributed by atoms with van der Waals surface area (Å²) in [6.07, 6.45) is 5.20. The Hall–Kier alpha value is -3.02. The number of pyridine rings is 1. The molecule has 1 N–H and O–H groups in total. The molecule has 0 saturated carbocycles. The number of nitrogens with zero attached hydrogens (tertiary/aromatic N) is 2. The summed E-state index contributed by atoms with van der Waals surface area (Å²) >= 11 is 0. The van der Waals surface area contributed by atoms with Crippen molar-refractivity contribution in [1.82, 2.24) is 14.9 Å². The van der Waals surface area contributed by atoms with Crippen LogP contribution in [0.25, 0.3) is 11.0 Å². The molecule has 4 rings (SSSR count). The van der Waals surface area contributed by atoms with Gasteiger partial charge in [-0.1, -0.05) is 6.07 Å². The number of fused-ring (bicyclic) bond motifs is 1. The van der Waals surface area contributed by atoms with E-state index in [4.69, 9.17) is 9.47 Å². The number of carbonyl (C=O) groups excluding carboxylic acids is 1. The third-order valence-electron chi connectivity index (χ3n) is 4.83. The van der Waals surface area contributed by atoms with Gasteiger partial charge in [0.25, 0.3) is 5.91 Å². The molecule has 1 amide bonds. The second-order valence-electron chi connectivity index (χ2n) is 6.62. The van der Waals surface area contributed by atoms with Crippen molar-refractivity contribution in [2.75, 3.05) is 19.7 Å². The molecule has 1 aromatic carbocycles. The number of piperidine rings is 1. The fraction of sp³-hybridized carbons (Fsp3) is 0.333. The zero-order valence-electron chi connectivity index (χ0n) is 15.4. The van der Waals surface area contributed by atoms with Crippen LogP contribution in [0, 0.1) is 0 Å². The number of nitrogens with one attached hydrogen (secondary N) is 1. The van der Waals surface area contributed by atoms with Crippen LogP contribution < -0.4 is 9.47 Å². The van der Waals surface area contributed by atoms with Gasteiger partial charge < -0.3 is 19.4 Å². The minimum atomic E-state index is 0.0473. The zero-order chi connectivity index (χ0) is 18.6. The van der Waals surface area contributed by atoms with E-state index in [-0.39, 0.29) is 12.0 Å². The van der Waals surface area contributed by atoms with Crippen LogP contribution in [0.4, 0.5) is 0 Å². The molecule has 1 saturated heterocycles. The van der Waals surface area contributed by atoms with Gasteiger partial charge in [-0.25, -0.2) is 4.98 Å². The van der Waals surface area contributed by atoms with Crippen LogP contribution in [-0.2, 0) is 0 Å². The molecule has 2 aromatic heterocycles. The number of benzene rings is 1. The SMILES string of the molecule is CCOc1cccc(OC2CCN(C(=O)c3c[nH]c4ncccc34)CC2)c1. The number of carbonyl (C=O) groups is 1. The summed E-state index contributed by atoms with van der Waals surface area (Å²) < 4.78 is 11.6. The average Bonchev–Trinajstić information content (AvgIpc) is 3.13. The van der Waals surface area contributed by atoms with Crippen molar-refractivity contribution in [2.45, 2.75) is 25.9 Å². The Bertz CT molecular complexity index is 929. The smallest absolute Gasteiger partial charge is 0.256 e. The molecule has 0 spiro atoms. The number of aromatic amines is 1. The summed E-state index contributed by atoms with van der Waals surface area (Å²) in [4.78, 5) is 22.1. The Kier molecular flexibility index (Phi) is 4.96. The minimum Gasteiger partial charge on any atom is -0.494 e. The van der Waals surface area contributed by atoms with E-state index in [1.807, 2.05) is 48.2 Å². The van der Waals surface area contributed by atoms with Gasteiger partial charge in [0.05, 0.1) is 12.2 Å². The van der Waals surface area contributed by atoms with Gasteiger partial charge in [-0.05, 0) is 31.2 Å². The highest BCUT2D eigenvalue weighted by Crippen LogP contribution is 2.25. The van der Waals surface area contributed by atoms with E-state index in [1.165, 1.54) is 0 Å². The molecule has 0 unspecified atom stereocenters. The Morgan fingerprint density at radius 1 is 1.22 bits per heavy atom. The minimum absolute atomic E-state index is 0.0473. The number of hydrogen-bond donors (Lipinski definition) is 1. The highest BCUT2D eigenvalue weighted by molar-refractivity contribution is 6.05. The van der Waals surface area contributed by atoms with Crippen LogP contribution >= 0.6 is 0 Å². The first-order chi connectivity index (χ1) is 13.2.